The standard InChI is InChI=1S/C18H23N5O6S/c1-29-16-7-6-14(30(27,28)22-8-4-2-3-5-9-22)10-15(16)20-18(24)12-21-11-17(19-13-21)23(25)26/h6-7,10-11,13H,2-5,8-9,12H2,1H3,(H,20,24). The fraction of sp³-hybridized carbons (Fsp3) is 0.444. The van der Waals surface area contributed by atoms with E-state index in [9.17, 15) is 23.3 Å². The average molecular weight is 437 g/mol. The van der Waals surface area contributed by atoms with Crippen LogP contribution < -0.4 is 10.1 Å². The van der Waals surface area contributed by atoms with Crippen LogP contribution in [0.4, 0.5) is 11.5 Å². The van der Waals surface area contributed by atoms with Crippen LogP contribution in [0.25, 0.3) is 0 Å². The highest BCUT2D eigenvalue weighted by Crippen LogP contribution is 2.30. The number of nitrogens with zero attached hydrogens (tertiary/aromatic N) is 4. The molecule has 1 N–H and O–H groups in total. The van der Waals surface area contributed by atoms with Crippen molar-refractivity contribution >= 4 is 27.4 Å². The number of benzene rings is 1. The van der Waals surface area contributed by atoms with E-state index in [2.05, 4.69) is 10.3 Å². The van der Waals surface area contributed by atoms with Crippen LogP contribution in [0.5, 0.6) is 5.75 Å². The van der Waals surface area contributed by atoms with Crippen LogP contribution in [0.15, 0.2) is 35.6 Å². The highest BCUT2D eigenvalue weighted by atomic mass is 32.2. The van der Waals surface area contributed by atoms with E-state index in [1.54, 1.807) is 0 Å². The Bertz CT molecular complexity index is 1030. The second kappa shape index (κ2) is 9.22. The van der Waals surface area contributed by atoms with E-state index in [0.29, 0.717) is 18.8 Å². The SMILES string of the molecule is COc1ccc(S(=O)(=O)N2CCCCCC2)cc1NC(=O)Cn1cnc([N+](=O)[O-])c1. The van der Waals surface area contributed by atoms with Crippen molar-refractivity contribution in [2.24, 2.45) is 0 Å². The molecule has 0 radical (unpaired) electrons. The van der Waals surface area contributed by atoms with E-state index in [1.807, 2.05) is 0 Å². The van der Waals surface area contributed by atoms with Gasteiger partial charge in [-0.25, -0.2) is 8.42 Å². The van der Waals surface area contributed by atoms with Gasteiger partial charge in [0.25, 0.3) is 0 Å². The van der Waals surface area contributed by atoms with Crippen molar-refractivity contribution in [3.8, 4) is 5.75 Å². The number of methoxy groups -OCH3 is 1. The van der Waals surface area contributed by atoms with Gasteiger partial charge in [0.2, 0.25) is 22.3 Å². The van der Waals surface area contributed by atoms with Crippen LogP contribution in [0.3, 0.4) is 0 Å². The third kappa shape index (κ3) is 4.94. The molecule has 1 aromatic carbocycles. The van der Waals surface area contributed by atoms with E-state index in [0.717, 1.165) is 31.9 Å². The number of sulfonamides is 1. The lowest BCUT2D eigenvalue weighted by atomic mass is 10.2. The number of nitro groups is 1. The number of hydrogen-bond donors (Lipinski definition) is 1. The van der Waals surface area contributed by atoms with Gasteiger partial charge in [-0.1, -0.05) is 12.8 Å². The van der Waals surface area contributed by atoms with Crippen LogP contribution >= 0.6 is 0 Å². The largest absolute Gasteiger partial charge is 0.495 e. The molecule has 0 atom stereocenters. The van der Waals surface area contributed by atoms with E-state index >= 15 is 0 Å². The predicted octanol–water partition coefficient (Wildman–Crippen LogP) is 2.00. The van der Waals surface area contributed by atoms with Crippen LogP contribution in [0.2, 0.25) is 0 Å². The number of anilines is 1. The molecule has 1 aliphatic rings. The molecule has 1 amide bonds. The zero-order valence-corrected chi connectivity index (χ0v) is 17.3. The molecule has 2 aromatic rings. The third-order valence-corrected chi connectivity index (χ3v) is 6.68. The number of aromatic nitrogens is 2. The van der Waals surface area contributed by atoms with Gasteiger partial charge in [-0.15, -0.1) is 0 Å². The summed E-state index contributed by atoms with van der Waals surface area (Å²) in [6.45, 7) is 0.706. The first-order chi connectivity index (χ1) is 14.3. The summed E-state index contributed by atoms with van der Waals surface area (Å²) in [5, 5.41) is 13.3. The summed E-state index contributed by atoms with van der Waals surface area (Å²) in [7, 11) is -2.29. The Hall–Kier alpha value is -2.99. The van der Waals surface area contributed by atoms with E-state index in [1.165, 1.54) is 40.5 Å². The number of ether oxygens (including phenoxy) is 1. The van der Waals surface area contributed by atoms with Gasteiger partial charge in [-0.2, -0.15) is 4.31 Å². The zero-order valence-electron chi connectivity index (χ0n) is 16.5. The van der Waals surface area contributed by atoms with Gasteiger partial charge in [0, 0.05) is 13.1 Å². The van der Waals surface area contributed by atoms with Gasteiger partial charge in [0.05, 0.1) is 17.7 Å². The van der Waals surface area contributed by atoms with Gasteiger partial charge in [-0.05, 0) is 40.9 Å². The minimum atomic E-state index is -3.70. The predicted molar refractivity (Wildman–Crippen MR) is 108 cm³/mol. The van der Waals surface area contributed by atoms with Crippen molar-refractivity contribution < 1.29 is 22.9 Å². The fourth-order valence-corrected chi connectivity index (χ4v) is 4.80. The molecule has 30 heavy (non-hydrogen) atoms. The summed E-state index contributed by atoms with van der Waals surface area (Å²) in [4.78, 5) is 26.1. The van der Waals surface area contributed by atoms with Crippen LogP contribution in [-0.4, -0.2) is 53.3 Å². The van der Waals surface area contributed by atoms with Gasteiger partial charge >= 0.3 is 5.82 Å². The molecule has 0 saturated carbocycles. The van der Waals surface area contributed by atoms with Gasteiger partial charge in [0.15, 0.2) is 0 Å². The quantitative estimate of drug-likeness (QED) is 0.517. The molecular weight excluding hydrogens is 414 g/mol. The Kier molecular flexibility index (Phi) is 6.67. The smallest absolute Gasteiger partial charge is 0.381 e. The number of hydrogen-bond acceptors (Lipinski definition) is 7. The minimum Gasteiger partial charge on any atom is -0.495 e. The Morgan fingerprint density at radius 2 is 1.97 bits per heavy atom. The second-order valence-corrected chi connectivity index (χ2v) is 8.83. The monoisotopic (exact) mass is 437 g/mol. The number of nitrogens with one attached hydrogen (secondary N) is 1. The van der Waals surface area contributed by atoms with Gasteiger partial charge in [0.1, 0.15) is 18.5 Å². The summed E-state index contributed by atoms with van der Waals surface area (Å²) in [6, 6.07) is 4.31. The summed E-state index contributed by atoms with van der Waals surface area (Å²) in [5.41, 5.74) is 0.202. The first-order valence-electron chi connectivity index (χ1n) is 9.45. The lowest BCUT2D eigenvalue weighted by molar-refractivity contribution is -0.389. The molecule has 1 aliphatic heterocycles. The number of rotatable bonds is 7. The average Bonchev–Trinajstić information content (AvgIpc) is 2.99. The highest BCUT2D eigenvalue weighted by molar-refractivity contribution is 7.89. The second-order valence-electron chi connectivity index (χ2n) is 6.89. The van der Waals surface area contributed by atoms with Crippen molar-refractivity contribution in [2.45, 2.75) is 37.1 Å². The molecule has 11 nitrogen and oxygen atoms in total. The van der Waals surface area contributed by atoms with Crippen LogP contribution in [-0.2, 0) is 21.4 Å². The topological polar surface area (TPSA) is 137 Å². The van der Waals surface area contributed by atoms with Crippen molar-refractivity contribution in [3.63, 3.8) is 0 Å². The Balaban J connectivity index is 1.79. The third-order valence-electron chi connectivity index (χ3n) is 4.78. The van der Waals surface area contributed by atoms with Crippen LogP contribution in [0, 0.1) is 10.1 Å². The van der Waals surface area contributed by atoms with Crippen molar-refractivity contribution in [1.29, 1.82) is 0 Å². The molecular formula is C18H23N5O6S. The fourth-order valence-electron chi connectivity index (χ4n) is 3.26. The molecule has 2 heterocycles. The van der Waals surface area contributed by atoms with Crippen molar-refractivity contribution in [2.75, 3.05) is 25.5 Å². The number of imidazole rings is 1. The maximum Gasteiger partial charge on any atom is 0.381 e. The van der Waals surface area contributed by atoms with Crippen LogP contribution in [0.1, 0.15) is 25.7 Å². The number of carbonyl (C=O) groups is 1. The van der Waals surface area contributed by atoms with Gasteiger partial charge < -0.3 is 24.7 Å². The Morgan fingerprint density at radius 3 is 2.57 bits per heavy atom. The lowest BCUT2D eigenvalue weighted by Crippen LogP contribution is -2.32. The first kappa shape index (κ1) is 21.7. The summed E-state index contributed by atoms with van der Waals surface area (Å²) in [6.07, 6.45) is 5.95. The molecule has 1 saturated heterocycles. The molecule has 0 bridgehead atoms. The summed E-state index contributed by atoms with van der Waals surface area (Å²) >= 11 is 0. The summed E-state index contributed by atoms with van der Waals surface area (Å²) < 4.78 is 34.0. The zero-order chi connectivity index (χ0) is 21.7. The Morgan fingerprint density at radius 1 is 1.27 bits per heavy atom. The highest BCUT2D eigenvalue weighted by Gasteiger charge is 2.26. The molecule has 0 unspecified atom stereocenters. The van der Waals surface area contributed by atoms with Crippen molar-refractivity contribution in [1.82, 2.24) is 13.9 Å². The molecule has 1 fully saturated rings. The summed E-state index contributed by atoms with van der Waals surface area (Å²) in [5.74, 6) is -0.578. The number of carbonyl (C=O) groups excluding carboxylic acids is 1. The number of amides is 1. The molecule has 0 aliphatic carbocycles. The molecule has 3 rings (SSSR count). The minimum absolute atomic E-state index is 0.0683. The first-order valence-corrected chi connectivity index (χ1v) is 10.9. The maximum atomic E-state index is 13.0. The normalized spacial score (nSPS) is 15.4. The van der Waals surface area contributed by atoms with Gasteiger partial charge in [-0.3, -0.25) is 4.79 Å². The molecule has 12 heteroatoms. The lowest BCUT2D eigenvalue weighted by Gasteiger charge is -2.21. The van der Waals surface area contributed by atoms with E-state index < -0.39 is 20.9 Å². The molecule has 162 valence electrons. The van der Waals surface area contributed by atoms with E-state index in [4.69, 9.17) is 4.74 Å². The maximum absolute atomic E-state index is 13.0. The molecule has 0 spiro atoms. The molecule has 1 aromatic heterocycles. The van der Waals surface area contributed by atoms with E-state index in [-0.39, 0.29) is 22.9 Å². The Labute approximate surface area is 173 Å². The van der Waals surface area contributed by atoms with Crippen molar-refractivity contribution in [3.05, 3.63) is 40.8 Å².